The van der Waals surface area contributed by atoms with E-state index < -0.39 is 35.9 Å². The predicted molar refractivity (Wildman–Crippen MR) is 94.8 cm³/mol. The zero-order valence-corrected chi connectivity index (χ0v) is 15.1. The Labute approximate surface area is 149 Å². The van der Waals surface area contributed by atoms with Crippen molar-refractivity contribution in [1.82, 2.24) is 5.32 Å². The van der Waals surface area contributed by atoms with E-state index in [1.54, 1.807) is 13.0 Å². The second-order valence-corrected chi connectivity index (χ2v) is 6.36. The fraction of sp³-hybridized carbons (Fsp3) is 0.438. The molecular weight excluding hydrogens is 349 g/mol. The van der Waals surface area contributed by atoms with Gasteiger partial charge in [0.25, 0.3) is 5.91 Å². The van der Waals surface area contributed by atoms with Crippen molar-refractivity contribution in [3.05, 3.63) is 29.6 Å². The smallest absolute Gasteiger partial charge is 0.329 e. The van der Waals surface area contributed by atoms with Crippen molar-refractivity contribution in [3.63, 3.8) is 0 Å². The van der Waals surface area contributed by atoms with E-state index in [1.165, 1.54) is 30.8 Å². The summed E-state index contributed by atoms with van der Waals surface area (Å²) in [5.41, 5.74) is 5.75. The van der Waals surface area contributed by atoms with Gasteiger partial charge in [0.15, 0.2) is 6.10 Å². The number of esters is 1. The predicted octanol–water partition coefficient (Wildman–Crippen LogP) is 1.79. The minimum atomic E-state index is -1.12. The van der Waals surface area contributed by atoms with E-state index in [-0.39, 0.29) is 5.69 Å². The van der Waals surface area contributed by atoms with Crippen LogP contribution in [0.3, 0.4) is 0 Å². The van der Waals surface area contributed by atoms with Crippen LogP contribution in [0.5, 0.6) is 0 Å². The molecule has 1 aromatic rings. The van der Waals surface area contributed by atoms with Crippen LogP contribution in [0.25, 0.3) is 0 Å². The number of primary amides is 1. The van der Waals surface area contributed by atoms with E-state index in [4.69, 9.17) is 10.5 Å². The maximum absolute atomic E-state index is 13.5. The molecule has 4 N–H and O–H groups in total. The number of ether oxygens (including phenoxy) is 1. The first-order valence-electron chi connectivity index (χ1n) is 7.57. The number of carbonyl (C=O) groups excluding carboxylic acids is 3. The SMILES string of the molecule is CSCC[C@H](NC(N)=O)C(=O)O[C@H](C)C(=O)Nc1ccc(C)c(F)c1. The Hall–Kier alpha value is -2.29. The number of nitrogens with two attached hydrogens (primary N) is 1. The van der Waals surface area contributed by atoms with Crippen LogP contribution >= 0.6 is 11.8 Å². The van der Waals surface area contributed by atoms with Crippen LogP contribution in [0.4, 0.5) is 14.9 Å². The molecule has 0 heterocycles. The monoisotopic (exact) mass is 371 g/mol. The van der Waals surface area contributed by atoms with E-state index >= 15 is 0 Å². The molecule has 7 nitrogen and oxygen atoms in total. The van der Waals surface area contributed by atoms with Crippen molar-refractivity contribution in [2.75, 3.05) is 17.3 Å². The molecule has 0 fully saturated rings. The van der Waals surface area contributed by atoms with Gasteiger partial charge in [0.05, 0.1) is 0 Å². The van der Waals surface area contributed by atoms with Crippen LogP contribution < -0.4 is 16.4 Å². The number of carbonyl (C=O) groups is 3. The summed E-state index contributed by atoms with van der Waals surface area (Å²) in [5.74, 6) is -1.22. The fourth-order valence-electron chi connectivity index (χ4n) is 1.88. The first-order valence-corrected chi connectivity index (χ1v) is 8.96. The van der Waals surface area contributed by atoms with Crippen LogP contribution in [0.2, 0.25) is 0 Å². The van der Waals surface area contributed by atoms with Crippen LogP contribution in [-0.4, -0.2) is 42.1 Å². The number of hydrogen-bond acceptors (Lipinski definition) is 5. The van der Waals surface area contributed by atoms with Crippen molar-refractivity contribution < 1.29 is 23.5 Å². The molecule has 25 heavy (non-hydrogen) atoms. The molecule has 0 aliphatic carbocycles. The summed E-state index contributed by atoms with van der Waals surface area (Å²) in [4.78, 5) is 35.2. The van der Waals surface area contributed by atoms with E-state index in [9.17, 15) is 18.8 Å². The van der Waals surface area contributed by atoms with Gasteiger partial charge in [0.2, 0.25) is 0 Å². The molecule has 0 aliphatic heterocycles. The summed E-state index contributed by atoms with van der Waals surface area (Å²) < 4.78 is 18.6. The Morgan fingerprint density at radius 3 is 2.60 bits per heavy atom. The van der Waals surface area contributed by atoms with Gasteiger partial charge >= 0.3 is 12.0 Å². The van der Waals surface area contributed by atoms with Gasteiger partial charge in [0.1, 0.15) is 11.9 Å². The minimum absolute atomic E-state index is 0.255. The molecule has 0 saturated heterocycles. The summed E-state index contributed by atoms with van der Waals surface area (Å²) in [6, 6.07) is 2.46. The average Bonchev–Trinajstić information content (AvgIpc) is 2.54. The topological polar surface area (TPSA) is 111 Å². The third kappa shape index (κ3) is 7.00. The van der Waals surface area contributed by atoms with Crippen molar-refractivity contribution in [2.24, 2.45) is 5.73 Å². The van der Waals surface area contributed by atoms with Crippen molar-refractivity contribution >= 4 is 35.4 Å². The molecule has 138 valence electrons. The zero-order valence-electron chi connectivity index (χ0n) is 14.3. The molecule has 0 aromatic heterocycles. The van der Waals surface area contributed by atoms with E-state index in [0.29, 0.717) is 17.7 Å². The van der Waals surface area contributed by atoms with Crippen LogP contribution in [0.1, 0.15) is 18.9 Å². The Morgan fingerprint density at radius 1 is 1.36 bits per heavy atom. The van der Waals surface area contributed by atoms with Crippen LogP contribution in [0.15, 0.2) is 18.2 Å². The largest absolute Gasteiger partial charge is 0.451 e. The number of halogens is 1. The molecule has 0 radical (unpaired) electrons. The lowest BCUT2D eigenvalue weighted by molar-refractivity contribution is -0.155. The highest BCUT2D eigenvalue weighted by Gasteiger charge is 2.25. The molecule has 0 bridgehead atoms. The number of amides is 3. The third-order valence-corrected chi connectivity index (χ3v) is 3.96. The van der Waals surface area contributed by atoms with Gasteiger partial charge in [-0.15, -0.1) is 0 Å². The molecule has 1 aromatic carbocycles. The normalized spacial score (nSPS) is 12.8. The Balaban J connectivity index is 2.65. The van der Waals surface area contributed by atoms with E-state index in [2.05, 4.69) is 10.6 Å². The number of benzene rings is 1. The van der Waals surface area contributed by atoms with Gasteiger partial charge in [-0.2, -0.15) is 11.8 Å². The maximum atomic E-state index is 13.5. The zero-order chi connectivity index (χ0) is 19.0. The Bertz CT molecular complexity index is 642. The number of hydrogen-bond donors (Lipinski definition) is 3. The second-order valence-electron chi connectivity index (χ2n) is 5.37. The Morgan fingerprint density at radius 2 is 2.04 bits per heavy atom. The lowest BCUT2D eigenvalue weighted by Gasteiger charge is -2.19. The molecule has 9 heteroatoms. The number of nitrogens with one attached hydrogen (secondary N) is 2. The molecule has 0 aliphatic rings. The van der Waals surface area contributed by atoms with Crippen LogP contribution in [0, 0.1) is 12.7 Å². The van der Waals surface area contributed by atoms with Gasteiger partial charge in [-0.25, -0.2) is 14.0 Å². The second kappa shape index (κ2) is 9.87. The van der Waals surface area contributed by atoms with E-state index in [0.717, 1.165) is 0 Å². The lowest BCUT2D eigenvalue weighted by Crippen LogP contribution is -2.46. The maximum Gasteiger partial charge on any atom is 0.329 e. The third-order valence-electron chi connectivity index (χ3n) is 3.31. The number of rotatable bonds is 8. The quantitative estimate of drug-likeness (QED) is 0.604. The minimum Gasteiger partial charge on any atom is -0.451 e. The van der Waals surface area contributed by atoms with Gasteiger partial charge < -0.3 is 21.1 Å². The number of thioether (sulfide) groups is 1. The summed E-state index contributed by atoms with van der Waals surface area (Å²) in [6.45, 7) is 2.99. The summed E-state index contributed by atoms with van der Waals surface area (Å²) in [6.07, 6.45) is 1.05. The van der Waals surface area contributed by atoms with Gasteiger partial charge in [-0.05, 0) is 50.0 Å². The van der Waals surface area contributed by atoms with Crippen molar-refractivity contribution in [3.8, 4) is 0 Å². The molecule has 0 spiro atoms. The molecule has 0 saturated carbocycles. The van der Waals surface area contributed by atoms with E-state index in [1.807, 2.05) is 6.26 Å². The summed E-state index contributed by atoms with van der Waals surface area (Å²) >= 11 is 1.49. The standard InChI is InChI=1S/C16H22FN3O4S/c1-9-4-5-11(8-12(9)17)19-14(21)10(2)24-15(22)13(6-7-25-3)20-16(18)23/h4-5,8,10,13H,6-7H2,1-3H3,(H,19,21)(H3,18,20,23)/t10-,13+/m1/s1. The van der Waals surface area contributed by atoms with Gasteiger partial charge in [-0.1, -0.05) is 6.07 Å². The van der Waals surface area contributed by atoms with Crippen molar-refractivity contribution in [2.45, 2.75) is 32.4 Å². The molecule has 3 amide bonds. The highest BCUT2D eigenvalue weighted by atomic mass is 32.2. The molecule has 1 rings (SSSR count). The number of aryl methyl sites for hydroxylation is 1. The summed E-state index contributed by atoms with van der Waals surface area (Å²) in [5, 5.41) is 4.76. The first-order chi connectivity index (χ1) is 11.7. The highest BCUT2D eigenvalue weighted by Crippen LogP contribution is 2.14. The highest BCUT2D eigenvalue weighted by molar-refractivity contribution is 7.98. The molecular formula is C16H22FN3O4S. The van der Waals surface area contributed by atoms with Gasteiger partial charge in [-0.3, -0.25) is 4.79 Å². The fourth-order valence-corrected chi connectivity index (χ4v) is 2.35. The average molecular weight is 371 g/mol. The van der Waals surface area contributed by atoms with Crippen molar-refractivity contribution in [1.29, 1.82) is 0 Å². The Kier molecular flexibility index (Phi) is 8.20. The summed E-state index contributed by atoms with van der Waals surface area (Å²) in [7, 11) is 0. The first kappa shape index (κ1) is 20.8. The van der Waals surface area contributed by atoms with Crippen LogP contribution in [-0.2, 0) is 14.3 Å². The van der Waals surface area contributed by atoms with Gasteiger partial charge in [0, 0.05) is 5.69 Å². The molecule has 2 atom stereocenters. The molecule has 0 unspecified atom stereocenters. The number of anilines is 1. The lowest BCUT2D eigenvalue weighted by atomic mass is 10.2. The number of urea groups is 1.